The van der Waals surface area contributed by atoms with Crippen LogP contribution in [0, 0.1) is 0 Å². The lowest BCUT2D eigenvalue weighted by Crippen LogP contribution is -2.17. The molecule has 0 aliphatic heterocycles. The number of H-pyrrole nitrogens is 1. The monoisotopic (exact) mass is 314 g/mol. The summed E-state index contributed by atoms with van der Waals surface area (Å²) < 4.78 is 5.06. The Morgan fingerprint density at radius 1 is 1.32 bits per heavy atom. The van der Waals surface area contributed by atoms with E-state index >= 15 is 0 Å². The lowest BCUT2D eigenvalue weighted by atomic mass is 10.1. The highest BCUT2D eigenvalue weighted by Gasteiger charge is 2.12. The fraction of sp³-hybridized carbons (Fsp3) is 0. The molecule has 0 spiro atoms. The quantitative estimate of drug-likeness (QED) is 0.573. The van der Waals surface area contributed by atoms with Gasteiger partial charge in [0.25, 0.3) is 5.91 Å². The lowest BCUT2D eigenvalue weighted by Gasteiger charge is -1.98. The summed E-state index contributed by atoms with van der Waals surface area (Å²) in [5, 5.41) is 11.1. The standard InChI is InChI=1S/C15H11ClN4O2/c16-12-6-2-1-5-11(12)13-8-14(19-18-13)15(21)20-17-9-10-4-3-7-22-10/h1-9H,(H,18,19)(H,20,21). The maximum Gasteiger partial charge on any atom is 0.289 e. The van der Waals surface area contributed by atoms with Gasteiger partial charge in [-0.25, -0.2) is 5.43 Å². The average molecular weight is 315 g/mol. The highest BCUT2D eigenvalue weighted by Crippen LogP contribution is 2.26. The Balaban J connectivity index is 1.71. The van der Waals surface area contributed by atoms with Crippen molar-refractivity contribution >= 4 is 23.7 Å². The van der Waals surface area contributed by atoms with Gasteiger partial charge < -0.3 is 4.42 Å². The molecule has 0 saturated carbocycles. The minimum absolute atomic E-state index is 0.284. The number of nitrogens with zero attached hydrogens (tertiary/aromatic N) is 2. The fourth-order valence-corrected chi connectivity index (χ4v) is 2.06. The number of hydrogen-bond acceptors (Lipinski definition) is 4. The van der Waals surface area contributed by atoms with Gasteiger partial charge in [-0.05, 0) is 24.3 Å². The third kappa shape index (κ3) is 3.07. The van der Waals surface area contributed by atoms with E-state index in [1.54, 1.807) is 24.3 Å². The number of amides is 1. The molecular formula is C15H11ClN4O2. The second kappa shape index (κ2) is 6.28. The number of nitrogens with one attached hydrogen (secondary N) is 2. The predicted octanol–water partition coefficient (Wildman–Crippen LogP) is 3.09. The van der Waals surface area contributed by atoms with Crippen LogP contribution in [0.15, 0.2) is 58.2 Å². The Morgan fingerprint density at radius 3 is 2.95 bits per heavy atom. The fourth-order valence-electron chi connectivity index (χ4n) is 1.82. The van der Waals surface area contributed by atoms with Crippen LogP contribution >= 0.6 is 11.6 Å². The molecule has 2 heterocycles. The highest BCUT2D eigenvalue weighted by molar-refractivity contribution is 6.33. The molecule has 3 rings (SSSR count). The highest BCUT2D eigenvalue weighted by atomic mass is 35.5. The number of hydrogen-bond donors (Lipinski definition) is 2. The number of carbonyl (C=O) groups is 1. The van der Waals surface area contributed by atoms with Gasteiger partial charge in [-0.3, -0.25) is 9.89 Å². The van der Waals surface area contributed by atoms with Crippen molar-refractivity contribution in [2.24, 2.45) is 5.10 Å². The van der Waals surface area contributed by atoms with Crippen LogP contribution in [0.4, 0.5) is 0 Å². The average Bonchev–Trinajstić information content (AvgIpc) is 3.19. The number of rotatable bonds is 4. The topological polar surface area (TPSA) is 83.3 Å². The Bertz CT molecular complexity index is 809. The molecule has 3 aromatic rings. The summed E-state index contributed by atoms with van der Waals surface area (Å²) in [6.07, 6.45) is 2.93. The van der Waals surface area contributed by atoms with Crippen LogP contribution in [0.2, 0.25) is 5.02 Å². The van der Waals surface area contributed by atoms with Crippen molar-refractivity contribution in [2.45, 2.75) is 0 Å². The molecular weight excluding hydrogens is 304 g/mol. The number of hydrazone groups is 1. The molecule has 0 saturated heterocycles. The number of furan rings is 1. The first-order valence-electron chi connectivity index (χ1n) is 6.41. The van der Waals surface area contributed by atoms with Crippen molar-refractivity contribution in [3.8, 4) is 11.3 Å². The molecule has 1 aromatic carbocycles. The number of benzene rings is 1. The van der Waals surface area contributed by atoms with Crippen LogP contribution in [-0.4, -0.2) is 22.3 Å². The molecule has 22 heavy (non-hydrogen) atoms. The van der Waals surface area contributed by atoms with E-state index in [1.165, 1.54) is 12.5 Å². The zero-order chi connectivity index (χ0) is 15.4. The van der Waals surface area contributed by atoms with E-state index in [0.717, 1.165) is 5.56 Å². The predicted molar refractivity (Wildman–Crippen MR) is 82.8 cm³/mol. The largest absolute Gasteiger partial charge is 0.463 e. The van der Waals surface area contributed by atoms with Crippen LogP contribution in [0.25, 0.3) is 11.3 Å². The van der Waals surface area contributed by atoms with E-state index in [0.29, 0.717) is 16.5 Å². The Kier molecular flexibility index (Phi) is 4.02. The van der Waals surface area contributed by atoms with E-state index in [2.05, 4.69) is 20.7 Å². The zero-order valence-corrected chi connectivity index (χ0v) is 12.0. The lowest BCUT2D eigenvalue weighted by molar-refractivity contribution is 0.0950. The third-order valence-corrected chi connectivity index (χ3v) is 3.20. The van der Waals surface area contributed by atoms with Crippen molar-refractivity contribution < 1.29 is 9.21 Å². The molecule has 0 radical (unpaired) electrons. The van der Waals surface area contributed by atoms with Gasteiger partial charge in [0.1, 0.15) is 11.5 Å². The van der Waals surface area contributed by atoms with Gasteiger partial charge in [0.05, 0.1) is 23.2 Å². The normalized spacial score (nSPS) is 11.0. The third-order valence-electron chi connectivity index (χ3n) is 2.87. The smallest absolute Gasteiger partial charge is 0.289 e. The van der Waals surface area contributed by atoms with Crippen molar-refractivity contribution in [1.82, 2.24) is 15.6 Å². The van der Waals surface area contributed by atoms with Crippen LogP contribution in [-0.2, 0) is 0 Å². The first kappa shape index (κ1) is 14.1. The Hall–Kier alpha value is -2.86. The maximum absolute atomic E-state index is 11.9. The van der Waals surface area contributed by atoms with Gasteiger partial charge in [0.2, 0.25) is 0 Å². The first-order chi connectivity index (χ1) is 10.7. The molecule has 2 N–H and O–H groups in total. The molecule has 1 amide bonds. The van der Waals surface area contributed by atoms with Gasteiger partial charge in [0.15, 0.2) is 0 Å². The van der Waals surface area contributed by atoms with Gasteiger partial charge >= 0.3 is 0 Å². The Labute approximate surface area is 130 Å². The molecule has 7 heteroatoms. The van der Waals surface area contributed by atoms with Crippen LogP contribution in [0.1, 0.15) is 16.2 Å². The molecule has 2 aromatic heterocycles. The van der Waals surface area contributed by atoms with Crippen LogP contribution in [0.5, 0.6) is 0 Å². The maximum atomic E-state index is 11.9. The van der Waals surface area contributed by atoms with E-state index < -0.39 is 5.91 Å². The van der Waals surface area contributed by atoms with Crippen molar-refractivity contribution in [3.63, 3.8) is 0 Å². The van der Waals surface area contributed by atoms with Crippen molar-refractivity contribution in [3.05, 3.63) is 65.2 Å². The number of carbonyl (C=O) groups excluding carboxylic acids is 1. The summed E-state index contributed by atoms with van der Waals surface area (Å²) in [6.45, 7) is 0. The molecule has 6 nitrogen and oxygen atoms in total. The summed E-state index contributed by atoms with van der Waals surface area (Å²) in [4.78, 5) is 11.9. The number of aromatic amines is 1. The summed E-state index contributed by atoms with van der Waals surface area (Å²) in [5.41, 5.74) is 4.00. The van der Waals surface area contributed by atoms with Crippen LogP contribution < -0.4 is 5.43 Å². The zero-order valence-electron chi connectivity index (χ0n) is 11.3. The SMILES string of the molecule is O=C(NN=Cc1ccco1)c1cc(-c2ccccc2Cl)n[nH]1. The molecule has 0 bridgehead atoms. The summed E-state index contributed by atoms with van der Waals surface area (Å²) >= 11 is 6.10. The number of aromatic nitrogens is 2. The van der Waals surface area contributed by atoms with Gasteiger partial charge in [0, 0.05) is 5.56 Å². The summed E-state index contributed by atoms with van der Waals surface area (Å²) in [7, 11) is 0. The van der Waals surface area contributed by atoms with Gasteiger partial charge in [-0.15, -0.1) is 0 Å². The summed E-state index contributed by atoms with van der Waals surface area (Å²) in [6, 6.07) is 12.3. The molecule has 0 atom stereocenters. The van der Waals surface area contributed by atoms with Gasteiger partial charge in [-0.2, -0.15) is 10.2 Å². The molecule has 0 aliphatic rings. The van der Waals surface area contributed by atoms with Crippen molar-refractivity contribution in [1.29, 1.82) is 0 Å². The van der Waals surface area contributed by atoms with Gasteiger partial charge in [-0.1, -0.05) is 29.8 Å². The van der Waals surface area contributed by atoms with E-state index in [4.69, 9.17) is 16.0 Å². The molecule has 0 fully saturated rings. The summed E-state index contributed by atoms with van der Waals surface area (Å²) in [5.74, 6) is 0.135. The van der Waals surface area contributed by atoms with E-state index in [-0.39, 0.29) is 5.69 Å². The molecule has 0 unspecified atom stereocenters. The second-order valence-corrected chi connectivity index (χ2v) is 4.77. The first-order valence-corrected chi connectivity index (χ1v) is 6.79. The Morgan fingerprint density at radius 2 is 2.18 bits per heavy atom. The molecule has 0 aliphatic carbocycles. The van der Waals surface area contributed by atoms with E-state index in [1.807, 2.05) is 18.2 Å². The van der Waals surface area contributed by atoms with Crippen LogP contribution in [0.3, 0.4) is 0 Å². The minimum atomic E-state index is -0.409. The van der Waals surface area contributed by atoms with Crippen molar-refractivity contribution in [2.75, 3.05) is 0 Å². The number of halogens is 1. The second-order valence-electron chi connectivity index (χ2n) is 4.36. The van der Waals surface area contributed by atoms with E-state index in [9.17, 15) is 4.79 Å². The minimum Gasteiger partial charge on any atom is -0.463 e. The molecule has 110 valence electrons.